The third-order valence-corrected chi connectivity index (χ3v) is 6.14. The van der Waals surface area contributed by atoms with E-state index in [2.05, 4.69) is 84.9 Å². The molecule has 0 nitrogen and oxygen atoms in total. The number of benzene rings is 5. The molecule has 0 aliphatic heterocycles. The van der Waals surface area contributed by atoms with E-state index in [9.17, 15) is 0 Å². The molecule has 0 heteroatoms. The van der Waals surface area contributed by atoms with Gasteiger partial charge in [0.15, 0.2) is 0 Å². The average Bonchev–Trinajstić information content (AvgIpc) is 3.21. The van der Waals surface area contributed by atoms with Crippen molar-refractivity contribution in [2.24, 2.45) is 0 Å². The van der Waals surface area contributed by atoms with Crippen molar-refractivity contribution in [1.29, 1.82) is 0 Å². The summed E-state index contributed by atoms with van der Waals surface area (Å²) in [7, 11) is 0. The van der Waals surface area contributed by atoms with Crippen LogP contribution in [-0.4, -0.2) is 0 Å². The molecule has 0 radical (unpaired) electrons. The third-order valence-electron chi connectivity index (χ3n) is 6.14. The maximum absolute atomic E-state index is 2.29. The lowest BCUT2D eigenvalue weighted by Crippen LogP contribution is -1.79. The first-order chi connectivity index (χ1) is 12.9. The van der Waals surface area contributed by atoms with E-state index in [1.165, 1.54) is 64.6 Å². The molecule has 0 atom stereocenters. The Morgan fingerprint density at radius 3 is 0.923 bits per heavy atom. The summed E-state index contributed by atoms with van der Waals surface area (Å²) in [5.74, 6) is 0. The van der Waals surface area contributed by atoms with Gasteiger partial charge in [0.05, 0.1) is 0 Å². The van der Waals surface area contributed by atoms with E-state index in [-0.39, 0.29) is 0 Å². The number of hydrogen-bond acceptors (Lipinski definition) is 0. The summed E-state index contributed by atoms with van der Waals surface area (Å²) < 4.78 is 0. The highest BCUT2D eigenvalue weighted by atomic mass is 14.2. The summed E-state index contributed by atoms with van der Waals surface area (Å²) in [4.78, 5) is 0. The van der Waals surface area contributed by atoms with Crippen LogP contribution in [0.3, 0.4) is 0 Å². The summed E-state index contributed by atoms with van der Waals surface area (Å²) in [5, 5.41) is 16.7. The topological polar surface area (TPSA) is 0 Å². The van der Waals surface area contributed by atoms with E-state index in [1.54, 1.807) is 0 Å². The Morgan fingerprint density at radius 2 is 0.500 bits per heavy atom. The van der Waals surface area contributed by atoms with Crippen molar-refractivity contribution in [3.63, 3.8) is 0 Å². The highest BCUT2D eigenvalue weighted by Crippen LogP contribution is 2.49. The van der Waals surface area contributed by atoms with Crippen LogP contribution >= 0.6 is 0 Å². The zero-order valence-corrected chi connectivity index (χ0v) is 14.1. The zero-order chi connectivity index (χ0) is 16.8. The molecule has 7 rings (SSSR count). The molecule has 7 aromatic carbocycles. The van der Waals surface area contributed by atoms with E-state index in [1.807, 2.05) is 0 Å². The van der Waals surface area contributed by atoms with Crippen LogP contribution in [0.5, 0.6) is 0 Å². The van der Waals surface area contributed by atoms with Crippen LogP contribution in [-0.2, 0) is 0 Å². The smallest absolute Gasteiger partial charge is 0.000741 e. The van der Waals surface area contributed by atoms with Gasteiger partial charge in [0, 0.05) is 0 Å². The molecule has 0 unspecified atom stereocenters. The van der Waals surface area contributed by atoms with Crippen LogP contribution in [0.15, 0.2) is 84.9 Å². The van der Waals surface area contributed by atoms with Crippen LogP contribution in [0.25, 0.3) is 64.6 Å². The second kappa shape index (κ2) is 4.23. The summed E-state index contributed by atoms with van der Waals surface area (Å²) in [5.41, 5.74) is 0. The van der Waals surface area contributed by atoms with Crippen molar-refractivity contribution >= 4 is 64.6 Å². The minimum atomic E-state index is 1.37. The van der Waals surface area contributed by atoms with Crippen LogP contribution in [0.4, 0.5) is 0 Å². The fourth-order valence-electron chi connectivity index (χ4n) is 5.20. The van der Waals surface area contributed by atoms with Gasteiger partial charge < -0.3 is 0 Å². The second-order valence-corrected chi connectivity index (χ2v) is 7.30. The molecule has 0 aliphatic rings. The van der Waals surface area contributed by atoms with Crippen molar-refractivity contribution in [2.45, 2.75) is 0 Å². The van der Waals surface area contributed by atoms with Gasteiger partial charge in [0.2, 0.25) is 0 Å². The van der Waals surface area contributed by atoms with Gasteiger partial charge in [-0.25, -0.2) is 0 Å². The van der Waals surface area contributed by atoms with Crippen molar-refractivity contribution < 1.29 is 0 Å². The summed E-state index contributed by atoms with van der Waals surface area (Å²) in [6.45, 7) is 0. The molecular weight excluding hydrogens is 312 g/mol. The zero-order valence-electron chi connectivity index (χ0n) is 14.1. The van der Waals surface area contributed by atoms with Gasteiger partial charge >= 0.3 is 0 Å². The lowest BCUT2D eigenvalue weighted by Gasteiger charge is -2.07. The van der Waals surface area contributed by atoms with Gasteiger partial charge in [-0.15, -0.1) is 0 Å². The maximum Gasteiger partial charge on any atom is -0.000741 e. The first-order valence-corrected chi connectivity index (χ1v) is 9.14. The SMILES string of the molecule is c1ccc2c(c1)c1cccc3c4cccc5c6ccccc6c(c54)c2c13. The molecule has 26 heavy (non-hydrogen) atoms. The van der Waals surface area contributed by atoms with E-state index in [0.29, 0.717) is 0 Å². The molecule has 0 saturated heterocycles. The molecule has 0 bridgehead atoms. The molecule has 0 spiro atoms. The van der Waals surface area contributed by atoms with Crippen LogP contribution in [0, 0.1) is 0 Å². The number of rotatable bonds is 0. The molecule has 0 N–H and O–H groups in total. The molecular formula is C26H14. The molecule has 7 aromatic rings. The van der Waals surface area contributed by atoms with Gasteiger partial charge in [-0.1, -0.05) is 84.9 Å². The van der Waals surface area contributed by atoms with Crippen LogP contribution in [0.2, 0.25) is 0 Å². The van der Waals surface area contributed by atoms with Crippen molar-refractivity contribution in [3.8, 4) is 0 Å². The molecule has 0 heterocycles. The quantitative estimate of drug-likeness (QED) is 0.253. The number of fused-ring (bicyclic) bond motifs is 8. The highest BCUT2D eigenvalue weighted by molar-refractivity contribution is 6.48. The summed E-state index contributed by atoms with van der Waals surface area (Å²) in [6.07, 6.45) is 0. The Bertz CT molecular complexity index is 1490. The van der Waals surface area contributed by atoms with E-state index >= 15 is 0 Å². The van der Waals surface area contributed by atoms with Crippen molar-refractivity contribution in [2.75, 3.05) is 0 Å². The largest absolute Gasteiger partial charge is 0.0616 e. The molecule has 118 valence electrons. The monoisotopic (exact) mass is 326 g/mol. The summed E-state index contributed by atoms with van der Waals surface area (Å²) >= 11 is 0. The van der Waals surface area contributed by atoms with E-state index in [0.717, 1.165) is 0 Å². The third kappa shape index (κ3) is 1.28. The van der Waals surface area contributed by atoms with Gasteiger partial charge in [0.25, 0.3) is 0 Å². The predicted molar refractivity (Wildman–Crippen MR) is 114 cm³/mol. The lowest BCUT2D eigenvalue weighted by atomic mass is 9.95. The number of hydrogen-bond donors (Lipinski definition) is 0. The normalized spacial score (nSPS) is 12.6. The summed E-state index contributed by atoms with van der Waals surface area (Å²) in [6, 6.07) is 31.3. The maximum atomic E-state index is 2.29. The minimum absolute atomic E-state index is 1.37. The molecule has 0 aliphatic carbocycles. The van der Waals surface area contributed by atoms with Crippen molar-refractivity contribution in [1.82, 2.24) is 0 Å². The molecule has 0 aromatic heterocycles. The Hall–Kier alpha value is -3.38. The van der Waals surface area contributed by atoms with E-state index in [4.69, 9.17) is 0 Å². The minimum Gasteiger partial charge on any atom is -0.0616 e. The lowest BCUT2D eigenvalue weighted by molar-refractivity contribution is 1.85. The first-order valence-electron chi connectivity index (χ1n) is 9.14. The van der Waals surface area contributed by atoms with Crippen molar-refractivity contribution in [3.05, 3.63) is 84.9 Å². The van der Waals surface area contributed by atoms with Gasteiger partial charge in [-0.05, 0) is 64.6 Å². The van der Waals surface area contributed by atoms with Crippen LogP contribution in [0.1, 0.15) is 0 Å². The molecule has 0 fully saturated rings. The van der Waals surface area contributed by atoms with Gasteiger partial charge in [0.1, 0.15) is 0 Å². The van der Waals surface area contributed by atoms with Gasteiger partial charge in [-0.2, -0.15) is 0 Å². The average molecular weight is 326 g/mol. The van der Waals surface area contributed by atoms with Gasteiger partial charge in [-0.3, -0.25) is 0 Å². The predicted octanol–water partition coefficient (Wildman–Crippen LogP) is 7.48. The Morgan fingerprint density at radius 1 is 0.231 bits per heavy atom. The highest BCUT2D eigenvalue weighted by Gasteiger charge is 2.20. The molecule has 0 amide bonds. The second-order valence-electron chi connectivity index (χ2n) is 7.30. The Labute approximate surface area is 149 Å². The fraction of sp³-hybridized carbons (Fsp3) is 0. The first kappa shape index (κ1) is 12.9. The Balaban J connectivity index is 2.04. The Kier molecular flexibility index (Phi) is 2.10. The standard InChI is InChI=1S/C26H14/c1-3-9-19-15(7-1)17-11-5-13-21-22-14-6-12-18-16-8-2-4-10-20(16)26(24(18)22)25(19)23(17)21/h1-14H. The van der Waals surface area contributed by atoms with E-state index < -0.39 is 0 Å². The fourth-order valence-corrected chi connectivity index (χ4v) is 5.20. The molecule has 0 saturated carbocycles. The van der Waals surface area contributed by atoms with Crippen LogP contribution < -0.4 is 0 Å².